The zero-order valence-corrected chi connectivity index (χ0v) is 18.5. The molecule has 1 aliphatic rings. The van der Waals surface area contributed by atoms with Crippen molar-refractivity contribution in [2.45, 2.75) is 31.6 Å². The van der Waals surface area contributed by atoms with E-state index in [0.717, 1.165) is 16.0 Å². The van der Waals surface area contributed by atoms with Gasteiger partial charge in [0.2, 0.25) is 11.7 Å². The number of amides is 1. The highest BCUT2D eigenvalue weighted by atomic mass is 19.4. The van der Waals surface area contributed by atoms with E-state index in [2.05, 4.69) is 15.2 Å². The molecule has 0 saturated carbocycles. The topological polar surface area (TPSA) is 117 Å². The van der Waals surface area contributed by atoms with Crippen molar-refractivity contribution in [1.82, 2.24) is 29.6 Å². The van der Waals surface area contributed by atoms with E-state index in [1.54, 1.807) is 6.07 Å². The molecule has 1 aromatic carbocycles. The third-order valence-corrected chi connectivity index (χ3v) is 5.73. The second kappa shape index (κ2) is 9.18. The average Bonchev–Trinajstić information content (AvgIpc) is 3.49. The molecule has 4 heterocycles. The van der Waals surface area contributed by atoms with Crippen molar-refractivity contribution in [2.75, 3.05) is 13.2 Å². The maximum atomic E-state index is 13.2. The summed E-state index contributed by atoms with van der Waals surface area (Å²) in [5.41, 5.74) is -0.506. The van der Waals surface area contributed by atoms with Crippen molar-refractivity contribution in [3.05, 3.63) is 69.8 Å². The number of alkyl halides is 3. The van der Waals surface area contributed by atoms with E-state index < -0.39 is 29.1 Å². The van der Waals surface area contributed by atoms with Crippen LogP contribution in [0.4, 0.5) is 17.6 Å². The number of carbonyl (C=O) groups is 1. The van der Waals surface area contributed by atoms with Crippen molar-refractivity contribution in [1.29, 1.82) is 0 Å². The van der Waals surface area contributed by atoms with Gasteiger partial charge in [-0.15, -0.1) is 0 Å². The van der Waals surface area contributed by atoms with Crippen LogP contribution in [0.1, 0.15) is 40.7 Å². The number of halogens is 4. The van der Waals surface area contributed by atoms with Gasteiger partial charge in [-0.2, -0.15) is 27.8 Å². The number of hydrogen-bond acceptors (Lipinski definition) is 7. The largest absolute Gasteiger partial charge is 0.484 e. The Labute approximate surface area is 199 Å². The van der Waals surface area contributed by atoms with Crippen LogP contribution in [0.15, 0.2) is 45.8 Å². The van der Waals surface area contributed by atoms with Gasteiger partial charge in [0.05, 0.1) is 5.69 Å². The van der Waals surface area contributed by atoms with Gasteiger partial charge in [0.1, 0.15) is 23.6 Å². The normalized spacial score (nSPS) is 14.9. The molecule has 0 unspecified atom stereocenters. The molecule has 10 nitrogen and oxygen atoms in total. The molecule has 188 valence electrons. The van der Waals surface area contributed by atoms with E-state index in [1.807, 2.05) is 0 Å². The fourth-order valence-corrected chi connectivity index (χ4v) is 3.99. The number of hydrogen-bond donors (Lipinski definition) is 1. The van der Waals surface area contributed by atoms with Crippen LogP contribution in [-0.4, -0.2) is 49.7 Å². The summed E-state index contributed by atoms with van der Waals surface area (Å²) in [4.78, 5) is 29.4. The second-order valence-corrected chi connectivity index (χ2v) is 8.17. The highest BCUT2D eigenvalue weighted by Gasteiger charge is 2.32. The summed E-state index contributed by atoms with van der Waals surface area (Å²) >= 11 is 0. The molecule has 3 aromatic heterocycles. The van der Waals surface area contributed by atoms with Gasteiger partial charge >= 0.3 is 6.30 Å². The first-order chi connectivity index (χ1) is 17.2. The van der Waals surface area contributed by atoms with Crippen LogP contribution in [-0.2, 0) is 11.3 Å². The third-order valence-electron chi connectivity index (χ3n) is 5.73. The molecule has 0 bridgehead atoms. The Balaban J connectivity index is 1.56. The summed E-state index contributed by atoms with van der Waals surface area (Å²) in [6, 6.07) is 7.01. The van der Waals surface area contributed by atoms with Crippen LogP contribution in [0.5, 0.6) is 0 Å². The average molecular weight is 506 g/mol. The zero-order chi connectivity index (χ0) is 25.4. The van der Waals surface area contributed by atoms with Crippen LogP contribution < -0.4 is 10.9 Å². The van der Waals surface area contributed by atoms with Gasteiger partial charge in [-0.1, -0.05) is 5.16 Å². The monoisotopic (exact) mass is 506 g/mol. The van der Waals surface area contributed by atoms with Crippen molar-refractivity contribution in [2.24, 2.45) is 0 Å². The first kappa shape index (κ1) is 23.7. The number of aromatic nitrogens is 5. The molecule has 14 heteroatoms. The number of nitrogens with one attached hydrogen (secondary N) is 1. The van der Waals surface area contributed by atoms with Crippen LogP contribution in [0.2, 0.25) is 0 Å². The van der Waals surface area contributed by atoms with E-state index in [4.69, 9.17) is 9.26 Å². The molecule has 1 amide bonds. The molecule has 1 saturated heterocycles. The van der Waals surface area contributed by atoms with Gasteiger partial charge in [-0.3, -0.25) is 14.9 Å². The van der Waals surface area contributed by atoms with Gasteiger partial charge in [-0.05, 0) is 37.1 Å². The highest BCUT2D eigenvalue weighted by Crippen LogP contribution is 2.27. The molecular formula is C22H18F4N6O4. The van der Waals surface area contributed by atoms with Crippen LogP contribution in [0, 0.1) is 5.82 Å². The molecule has 0 aliphatic carbocycles. The fraction of sp³-hybridized carbons (Fsp3) is 0.318. The predicted octanol–water partition coefficient (Wildman–Crippen LogP) is 2.88. The minimum absolute atomic E-state index is 0.0209. The van der Waals surface area contributed by atoms with Crippen LogP contribution >= 0.6 is 0 Å². The van der Waals surface area contributed by atoms with Crippen LogP contribution in [0.25, 0.3) is 17.0 Å². The minimum atomic E-state index is -5.03. The maximum absolute atomic E-state index is 13.2. The molecule has 4 aromatic rings. The van der Waals surface area contributed by atoms with Crippen molar-refractivity contribution in [3.63, 3.8) is 0 Å². The third kappa shape index (κ3) is 4.84. The Hall–Kier alpha value is -4.07. The van der Waals surface area contributed by atoms with Gasteiger partial charge in [0.15, 0.2) is 0 Å². The minimum Gasteiger partial charge on any atom is -0.381 e. The molecule has 1 N–H and O–H groups in total. The van der Waals surface area contributed by atoms with E-state index in [-0.39, 0.29) is 29.8 Å². The molecule has 0 radical (unpaired) electrons. The molecular weight excluding hydrogens is 488 g/mol. The van der Waals surface area contributed by atoms with Gasteiger partial charge in [0.25, 0.3) is 11.5 Å². The Kier molecular flexibility index (Phi) is 6.04. The van der Waals surface area contributed by atoms with Gasteiger partial charge in [-0.25, -0.2) is 4.39 Å². The summed E-state index contributed by atoms with van der Waals surface area (Å²) in [6.07, 6.45) is -2.72. The zero-order valence-electron chi connectivity index (χ0n) is 18.5. The van der Waals surface area contributed by atoms with Crippen molar-refractivity contribution in [3.8, 4) is 11.4 Å². The number of nitrogens with zero attached hydrogens (tertiary/aromatic N) is 5. The summed E-state index contributed by atoms with van der Waals surface area (Å²) in [5, 5.41) is 8.99. The predicted molar refractivity (Wildman–Crippen MR) is 115 cm³/mol. The van der Waals surface area contributed by atoms with E-state index >= 15 is 0 Å². The first-order valence-corrected chi connectivity index (χ1v) is 10.9. The van der Waals surface area contributed by atoms with E-state index in [9.17, 15) is 27.2 Å². The lowest BCUT2D eigenvalue weighted by Gasteiger charge is -2.19. The van der Waals surface area contributed by atoms with Crippen LogP contribution in [0.3, 0.4) is 0 Å². The van der Waals surface area contributed by atoms with E-state index in [1.165, 1.54) is 28.8 Å². The number of rotatable bonds is 5. The van der Waals surface area contributed by atoms with E-state index in [0.29, 0.717) is 37.3 Å². The van der Waals surface area contributed by atoms with Crippen molar-refractivity contribution >= 4 is 11.6 Å². The number of benzene rings is 1. The Morgan fingerprint density at radius 2 is 1.89 bits per heavy atom. The smallest absolute Gasteiger partial charge is 0.381 e. The molecule has 0 atom stereocenters. The Morgan fingerprint density at radius 1 is 1.17 bits per heavy atom. The number of carbonyl (C=O) groups excluding carboxylic acids is 1. The lowest BCUT2D eigenvalue weighted by molar-refractivity contribution is -0.146. The first-order valence-electron chi connectivity index (χ1n) is 10.9. The lowest BCUT2D eigenvalue weighted by atomic mass is 9.97. The molecule has 1 aliphatic heterocycles. The summed E-state index contributed by atoms with van der Waals surface area (Å²) in [6.45, 7) is 0.843. The second-order valence-electron chi connectivity index (χ2n) is 8.17. The highest BCUT2D eigenvalue weighted by molar-refractivity contribution is 5.94. The SMILES string of the molecule is O=C(NC(F)(F)F)c1cn(Cc2nc(-c3ccc(F)cc3)no2)c2cc(C3CCOCC3)nn2c1=O. The fourth-order valence-electron chi connectivity index (χ4n) is 3.99. The Bertz CT molecular complexity index is 1470. The molecule has 1 fully saturated rings. The Morgan fingerprint density at radius 3 is 2.58 bits per heavy atom. The molecule has 0 spiro atoms. The standard InChI is InChI=1S/C22H18F4N6O4/c23-14-3-1-13(2-4-14)19-27-17(36-30-19)11-31-10-15(20(33)28-22(24,25)26)21(34)32-18(31)9-16(29-32)12-5-7-35-8-6-12/h1-4,9-10,12H,5-8,11H2,(H,28,33). The maximum Gasteiger partial charge on any atom is 0.484 e. The summed E-state index contributed by atoms with van der Waals surface area (Å²) in [7, 11) is 0. The summed E-state index contributed by atoms with van der Waals surface area (Å²) in [5.74, 6) is -1.88. The van der Waals surface area contributed by atoms with Gasteiger partial charge in [0, 0.05) is 37.0 Å². The van der Waals surface area contributed by atoms with Crippen molar-refractivity contribution < 1.29 is 31.6 Å². The lowest BCUT2D eigenvalue weighted by Crippen LogP contribution is -2.41. The van der Waals surface area contributed by atoms with Gasteiger partial charge < -0.3 is 13.8 Å². The number of fused-ring (bicyclic) bond motifs is 1. The quantitative estimate of drug-likeness (QED) is 0.327. The molecule has 5 rings (SSSR count). The number of ether oxygens (including phenoxy) is 1. The summed E-state index contributed by atoms with van der Waals surface area (Å²) < 4.78 is 64.4. The molecule has 36 heavy (non-hydrogen) atoms.